The Bertz CT molecular complexity index is 840. The number of anilines is 2. The molecule has 3 rings (SSSR count). The van der Waals surface area contributed by atoms with Gasteiger partial charge < -0.3 is 15.5 Å². The Morgan fingerprint density at radius 1 is 1.00 bits per heavy atom. The fourth-order valence-corrected chi connectivity index (χ4v) is 3.29. The summed E-state index contributed by atoms with van der Waals surface area (Å²) in [5.74, 6) is 0.0330. The molecule has 0 spiro atoms. The van der Waals surface area contributed by atoms with Gasteiger partial charge >= 0.3 is 6.03 Å². The van der Waals surface area contributed by atoms with Crippen LogP contribution in [0.25, 0.3) is 0 Å². The highest BCUT2D eigenvalue weighted by Gasteiger charge is 2.31. The molecule has 1 aliphatic heterocycles. The van der Waals surface area contributed by atoms with Crippen molar-refractivity contribution in [3.8, 4) is 0 Å². The number of benzene rings is 2. The fraction of sp³-hybridized carbons (Fsp3) is 0.333. The number of nitrogens with zero attached hydrogens (tertiary/aromatic N) is 1. The number of aryl methyl sites for hydroxylation is 4. The summed E-state index contributed by atoms with van der Waals surface area (Å²) in [5.41, 5.74) is 6.08. The lowest BCUT2D eigenvalue weighted by Gasteiger charge is -2.19. The average molecular weight is 351 g/mol. The molecule has 5 nitrogen and oxygen atoms in total. The topological polar surface area (TPSA) is 61.4 Å². The first-order chi connectivity index (χ1) is 12.3. The van der Waals surface area contributed by atoms with Gasteiger partial charge in [0, 0.05) is 24.3 Å². The smallest absolute Gasteiger partial charge is 0.319 e. The second-order valence-corrected chi connectivity index (χ2v) is 7.04. The van der Waals surface area contributed by atoms with Crippen molar-refractivity contribution >= 4 is 23.3 Å². The van der Waals surface area contributed by atoms with Crippen molar-refractivity contribution in [3.63, 3.8) is 0 Å². The number of para-hydroxylation sites is 1. The fourth-order valence-electron chi connectivity index (χ4n) is 3.29. The van der Waals surface area contributed by atoms with Crippen LogP contribution in [-0.4, -0.2) is 24.5 Å². The van der Waals surface area contributed by atoms with Gasteiger partial charge in [0.05, 0.1) is 6.04 Å². The first-order valence-electron chi connectivity index (χ1n) is 8.86. The first kappa shape index (κ1) is 18.0. The number of amides is 3. The summed E-state index contributed by atoms with van der Waals surface area (Å²) in [6.07, 6.45) is 0.313. The highest BCUT2D eigenvalue weighted by atomic mass is 16.2. The van der Waals surface area contributed by atoms with Crippen LogP contribution in [0.1, 0.15) is 28.7 Å². The van der Waals surface area contributed by atoms with Crippen LogP contribution < -0.4 is 15.5 Å². The summed E-state index contributed by atoms with van der Waals surface area (Å²) in [6.45, 7) is 8.49. The average Bonchev–Trinajstić information content (AvgIpc) is 2.94. The Morgan fingerprint density at radius 2 is 1.69 bits per heavy atom. The number of carbonyl (C=O) groups excluding carboxylic acids is 2. The summed E-state index contributed by atoms with van der Waals surface area (Å²) in [6, 6.07) is 11.4. The monoisotopic (exact) mass is 351 g/mol. The minimum absolute atomic E-state index is 0.0330. The molecule has 2 N–H and O–H groups in total. The van der Waals surface area contributed by atoms with Crippen LogP contribution in [0.2, 0.25) is 0 Å². The summed E-state index contributed by atoms with van der Waals surface area (Å²) in [7, 11) is 0. The molecule has 5 heteroatoms. The maximum atomic E-state index is 12.4. The Hall–Kier alpha value is -2.82. The van der Waals surface area contributed by atoms with Crippen LogP contribution >= 0.6 is 0 Å². The van der Waals surface area contributed by atoms with Crippen molar-refractivity contribution in [2.45, 2.75) is 40.2 Å². The van der Waals surface area contributed by atoms with E-state index in [1.165, 1.54) is 5.56 Å². The Kier molecular flexibility index (Phi) is 4.98. The number of hydrogen-bond donors (Lipinski definition) is 2. The third kappa shape index (κ3) is 3.72. The summed E-state index contributed by atoms with van der Waals surface area (Å²) < 4.78 is 0. The van der Waals surface area contributed by atoms with Crippen molar-refractivity contribution in [1.82, 2.24) is 5.32 Å². The molecular formula is C21H25N3O2. The van der Waals surface area contributed by atoms with E-state index in [0.717, 1.165) is 28.1 Å². The predicted octanol–water partition coefficient (Wildman–Crippen LogP) is 3.85. The SMILES string of the molecule is Cc1ccc(N2C[C@H](NC(=O)Nc3c(C)cccc3C)CC2=O)cc1C. The van der Waals surface area contributed by atoms with Crippen LogP contribution in [0.4, 0.5) is 16.2 Å². The van der Waals surface area contributed by atoms with Gasteiger partial charge in [-0.3, -0.25) is 4.79 Å². The van der Waals surface area contributed by atoms with Crippen molar-refractivity contribution in [2.24, 2.45) is 0 Å². The Labute approximate surface area is 154 Å². The van der Waals surface area contributed by atoms with Crippen molar-refractivity contribution in [2.75, 3.05) is 16.8 Å². The largest absolute Gasteiger partial charge is 0.333 e. The van der Waals surface area contributed by atoms with Crippen LogP contribution in [-0.2, 0) is 4.79 Å². The first-order valence-corrected chi connectivity index (χ1v) is 8.86. The molecule has 1 saturated heterocycles. The molecule has 0 saturated carbocycles. The van der Waals surface area contributed by atoms with Gasteiger partial charge in [0.1, 0.15) is 0 Å². The third-order valence-electron chi connectivity index (χ3n) is 4.98. The normalized spacial score (nSPS) is 16.7. The van der Waals surface area contributed by atoms with E-state index in [-0.39, 0.29) is 18.0 Å². The second kappa shape index (κ2) is 7.20. The minimum Gasteiger partial charge on any atom is -0.333 e. The summed E-state index contributed by atoms with van der Waals surface area (Å²) >= 11 is 0. The van der Waals surface area contributed by atoms with E-state index in [9.17, 15) is 9.59 Å². The van der Waals surface area contributed by atoms with E-state index in [0.29, 0.717) is 13.0 Å². The van der Waals surface area contributed by atoms with E-state index in [1.807, 2.05) is 64.1 Å². The molecule has 136 valence electrons. The molecule has 2 aromatic carbocycles. The molecule has 2 aromatic rings. The molecule has 1 atom stereocenters. The number of nitrogens with one attached hydrogen (secondary N) is 2. The molecule has 0 bridgehead atoms. The van der Waals surface area contributed by atoms with Crippen molar-refractivity contribution in [1.29, 1.82) is 0 Å². The molecule has 1 fully saturated rings. The van der Waals surface area contributed by atoms with Gasteiger partial charge in [-0.1, -0.05) is 24.3 Å². The number of urea groups is 1. The maximum absolute atomic E-state index is 12.4. The lowest BCUT2D eigenvalue weighted by molar-refractivity contribution is -0.117. The molecule has 0 aliphatic carbocycles. The van der Waals surface area contributed by atoms with Crippen LogP contribution in [0.15, 0.2) is 36.4 Å². The number of hydrogen-bond acceptors (Lipinski definition) is 2. The molecular weight excluding hydrogens is 326 g/mol. The van der Waals surface area contributed by atoms with E-state index >= 15 is 0 Å². The molecule has 26 heavy (non-hydrogen) atoms. The number of rotatable bonds is 3. The molecule has 1 aliphatic rings. The Balaban J connectivity index is 1.65. The molecule has 0 unspecified atom stereocenters. The second-order valence-electron chi connectivity index (χ2n) is 7.04. The number of carbonyl (C=O) groups is 2. The standard InChI is InChI=1S/C21H25N3O2/c1-13-8-9-18(10-16(13)4)24-12-17(11-19(24)25)22-21(26)23-20-14(2)6-5-7-15(20)3/h5-10,17H,11-12H2,1-4H3,(H2,22,23,26)/t17-/m1/s1. The highest BCUT2D eigenvalue weighted by molar-refractivity contribution is 5.98. The van der Waals surface area contributed by atoms with Crippen LogP contribution in [0.5, 0.6) is 0 Å². The van der Waals surface area contributed by atoms with Gasteiger partial charge in [0.15, 0.2) is 0 Å². The van der Waals surface area contributed by atoms with Crippen molar-refractivity contribution < 1.29 is 9.59 Å². The molecule has 1 heterocycles. The zero-order valence-electron chi connectivity index (χ0n) is 15.7. The zero-order valence-corrected chi connectivity index (χ0v) is 15.7. The lowest BCUT2D eigenvalue weighted by atomic mass is 10.1. The van der Waals surface area contributed by atoms with E-state index < -0.39 is 0 Å². The van der Waals surface area contributed by atoms with Gasteiger partial charge in [-0.25, -0.2) is 4.79 Å². The lowest BCUT2D eigenvalue weighted by Crippen LogP contribution is -2.40. The quantitative estimate of drug-likeness (QED) is 0.882. The molecule has 0 radical (unpaired) electrons. The zero-order chi connectivity index (χ0) is 18.8. The molecule has 3 amide bonds. The molecule has 0 aromatic heterocycles. The minimum atomic E-state index is -0.276. The predicted molar refractivity (Wildman–Crippen MR) is 105 cm³/mol. The Morgan fingerprint density at radius 3 is 2.35 bits per heavy atom. The van der Waals surface area contributed by atoms with E-state index in [2.05, 4.69) is 10.6 Å². The van der Waals surface area contributed by atoms with Crippen LogP contribution in [0, 0.1) is 27.7 Å². The van der Waals surface area contributed by atoms with E-state index in [4.69, 9.17) is 0 Å². The van der Waals surface area contributed by atoms with Gasteiger partial charge in [0.25, 0.3) is 0 Å². The van der Waals surface area contributed by atoms with Crippen molar-refractivity contribution in [3.05, 3.63) is 58.7 Å². The van der Waals surface area contributed by atoms with Gasteiger partial charge in [0.2, 0.25) is 5.91 Å². The summed E-state index contributed by atoms with van der Waals surface area (Å²) in [4.78, 5) is 26.5. The van der Waals surface area contributed by atoms with E-state index in [1.54, 1.807) is 4.90 Å². The van der Waals surface area contributed by atoms with Gasteiger partial charge in [-0.05, 0) is 62.1 Å². The summed E-state index contributed by atoms with van der Waals surface area (Å²) in [5, 5.41) is 5.84. The van der Waals surface area contributed by atoms with Gasteiger partial charge in [-0.2, -0.15) is 0 Å². The third-order valence-corrected chi connectivity index (χ3v) is 4.98. The van der Waals surface area contributed by atoms with Gasteiger partial charge in [-0.15, -0.1) is 0 Å². The van der Waals surface area contributed by atoms with Crippen LogP contribution in [0.3, 0.4) is 0 Å². The highest BCUT2D eigenvalue weighted by Crippen LogP contribution is 2.24. The maximum Gasteiger partial charge on any atom is 0.319 e.